The summed E-state index contributed by atoms with van der Waals surface area (Å²) in [6.45, 7) is 1.00. The van der Waals surface area contributed by atoms with E-state index in [0.29, 0.717) is 42.4 Å². The van der Waals surface area contributed by atoms with Gasteiger partial charge in [0.05, 0.1) is 12.1 Å². The summed E-state index contributed by atoms with van der Waals surface area (Å²) in [5.74, 6) is 0.677. The molecule has 3 amide bonds. The Balaban J connectivity index is 1.34. The first-order valence-corrected chi connectivity index (χ1v) is 11.4. The molecule has 1 spiro atoms. The fourth-order valence-corrected chi connectivity index (χ4v) is 4.60. The van der Waals surface area contributed by atoms with Gasteiger partial charge in [0.2, 0.25) is 5.91 Å². The van der Waals surface area contributed by atoms with E-state index in [-0.39, 0.29) is 18.4 Å². The smallest absolute Gasteiger partial charge is 0.321 e. The molecule has 2 heterocycles. The molecule has 33 heavy (non-hydrogen) atoms. The van der Waals surface area contributed by atoms with Gasteiger partial charge in [-0.3, -0.25) is 9.69 Å². The minimum atomic E-state index is -0.645. The molecule has 5 rings (SSSR count). The Kier molecular flexibility index (Phi) is 5.68. The molecule has 0 radical (unpaired) electrons. The zero-order chi connectivity index (χ0) is 22.8. The second kappa shape index (κ2) is 8.79. The summed E-state index contributed by atoms with van der Waals surface area (Å²) in [4.78, 5) is 29.7. The fourth-order valence-electron chi connectivity index (χ4n) is 4.48. The van der Waals surface area contributed by atoms with E-state index in [1.165, 1.54) is 0 Å². The first-order chi connectivity index (χ1) is 16.0. The lowest BCUT2D eigenvalue weighted by atomic mass is 9.87. The van der Waals surface area contributed by atoms with Gasteiger partial charge < -0.3 is 15.0 Å². The van der Waals surface area contributed by atoms with Crippen molar-refractivity contribution in [1.82, 2.24) is 4.90 Å². The molecular weight excluding hydrogens is 438 g/mol. The van der Waals surface area contributed by atoms with Crippen LogP contribution in [0.5, 0.6) is 5.75 Å². The van der Waals surface area contributed by atoms with Crippen LogP contribution in [0.4, 0.5) is 21.9 Å². The van der Waals surface area contributed by atoms with Gasteiger partial charge in [-0.15, -0.1) is 0 Å². The topological polar surface area (TPSA) is 61.9 Å². The molecule has 168 valence electrons. The highest BCUT2D eigenvalue weighted by Crippen LogP contribution is 2.43. The highest BCUT2D eigenvalue weighted by molar-refractivity contribution is 6.30. The van der Waals surface area contributed by atoms with Gasteiger partial charge in [0.1, 0.15) is 11.4 Å². The second-order valence-electron chi connectivity index (χ2n) is 8.42. The molecule has 1 saturated heterocycles. The van der Waals surface area contributed by atoms with Crippen LogP contribution in [0, 0.1) is 0 Å². The Morgan fingerprint density at radius 1 is 0.909 bits per heavy atom. The number of nitrogens with one attached hydrogen (secondary N) is 1. The Bertz CT molecular complexity index is 1160. The summed E-state index contributed by atoms with van der Waals surface area (Å²) in [7, 11) is 0. The summed E-state index contributed by atoms with van der Waals surface area (Å²) in [5, 5.41) is 3.53. The van der Waals surface area contributed by atoms with Gasteiger partial charge in [0, 0.05) is 42.3 Å². The maximum Gasteiger partial charge on any atom is 0.321 e. The Morgan fingerprint density at radius 3 is 2.30 bits per heavy atom. The van der Waals surface area contributed by atoms with Gasteiger partial charge in [-0.1, -0.05) is 41.9 Å². The minimum Gasteiger partial charge on any atom is -0.484 e. The SMILES string of the molecule is O=C(Nc1ccc(Cl)cc1)N1CCC2(CC1)CC(=O)N(c1ccccc1)c1ccccc1O2. The summed E-state index contributed by atoms with van der Waals surface area (Å²) >= 11 is 5.92. The Hall–Kier alpha value is -3.51. The third-order valence-electron chi connectivity index (χ3n) is 6.23. The van der Waals surface area contributed by atoms with Gasteiger partial charge in [-0.05, 0) is 48.5 Å². The van der Waals surface area contributed by atoms with Crippen LogP contribution in [-0.2, 0) is 4.79 Å². The van der Waals surface area contributed by atoms with Crippen LogP contribution < -0.4 is 15.0 Å². The maximum atomic E-state index is 13.5. The Morgan fingerprint density at radius 2 is 1.58 bits per heavy atom. The van der Waals surface area contributed by atoms with Crippen LogP contribution >= 0.6 is 11.6 Å². The molecular formula is C26H24ClN3O3. The Labute approximate surface area is 197 Å². The third kappa shape index (κ3) is 4.39. The number of anilines is 3. The van der Waals surface area contributed by atoms with Crippen molar-refractivity contribution < 1.29 is 14.3 Å². The molecule has 3 aromatic carbocycles. The van der Waals surface area contributed by atoms with Gasteiger partial charge in [0.15, 0.2) is 0 Å². The van der Waals surface area contributed by atoms with E-state index in [9.17, 15) is 9.59 Å². The summed E-state index contributed by atoms with van der Waals surface area (Å²) in [5.41, 5.74) is 1.61. The summed E-state index contributed by atoms with van der Waals surface area (Å²) in [6.07, 6.45) is 1.40. The predicted octanol–water partition coefficient (Wildman–Crippen LogP) is 5.85. The number of rotatable bonds is 2. The lowest BCUT2D eigenvalue weighted by Gasteiger charge is -2.40. The molecule has 2 aliphatic rings. The quantitative estimate of drug-likeness (QED) is 0.520. The minimum absolute atomic E-state index is 0.00906. The molecule has 0 bridgehead atoms. The normalized spacial score (nSPS) is 17.2. The van der Waals surface area contributed by atoms with Gasteiger partial charge in [-0.2, -0.15) is 0 Å². The number of halogens is 1. The van der Waals surface area contributed by atoms with E-state index in [1.54, 1.807) is 34.1 Å². The first kappa shape index (κ1) is 21.3. The van der Waals surface area contributed by atoms with Crippen molar-refractivity contribution in [3.05, 3.63) is 83.9 Å². The molecule has 1 N–H and O–H groups in total. The zero-order valence-electron chi connectivity index (χ0n) is 18.0. The van der Waals surface area contributed by atoms with Crippen molar-refractivity contribution in [3.8, 4) is 5.75 Å². The van der Waals surface area contributed by atoms with Crippen LogP contribution in [0.2, 0.25) is 5.02 Å². The number of fused-ring (bicyclic) bond motifs is 1. The van der Waals surface area contributed by atoms with Gasteiger partial charge >= 0.3 is 6.03 Å². The van der Waals surface area contributed by atoms with E-state index in [2.05, 4.69) is 5.32 Å². The number of benzene rings is 3. The molecule has 1 fully saturated rings. The monoisotopic (exact) mass is 461 g/mol. The molecule has 0 atom stereocenters. The number of likely N-dealkylation sites (tertiary alicyclic amines) is 1. The van der Waals surface area contributed by atoms with Crippen molar-refractivity contribution in [2.24, 2.45) is 0 Å². The van der Waals surface area contributed by atoms with E-state index in [4.69, 9.17) is 16.3 Å². The molecule has 0 unspecified atom stereocenters. The number of urea groups is 1. The lowest BCUT2D eigenvalue weighted by Crippen LogP contribution is -2.51. The first-order valence-electron chi connectivity index (χ1n) is 11.0. The number of ether oxygens (including phenoxy) is 1. The van der Waals surface area contributed by atoms with Crippen LogP contribution in [0.3, 0.4) is 0 Å². The van der Waals surface area contributed by atoms with Crippen LogP contribution in [-0.4, -0.2) is 35.5 Å². The number of para-hydroxylation sites is 3. The predicted molar refractivity (Wildman–Crippen MR) is 129 cm³/mol. The van der Waals surface area contributed by atoms with Crippen molar-refractivity contribution in [2.45, 2.75) is 24.9 Å². The largest absolute Gasteiger partial charge is 0.484 e. The third-order valence-corrected chi connectivity index (χ3v) is 6.48. The number of hydrogen-bond donors (Lipinski definition) is 1. The van der Waals surface area contributed by atoms with Crippen LogP contribution in [0.15, 0.2) is 78.9 Å². The zero-order valence-corrected chi connectivity index (χ0v) is 18.8. The van der Waals surface area contributed by atoms with E-state index in [1.807, 2.05) is 54.6 Å². The number of nitrogens with zero attached hydrogens (tertiary/aromatic N) is 2. The van der Waals surface area contributed by atoms with E-state index < -0.39 is 5.60 Å². The average molecular weight is 462 g/mol. The number of carbonyl (C=O) groups is 2. The molecule has 2 aliphatic heterocycles. The van der Waals surface area contributed by atoms with Crippen LogP contribution in [0.1, 0.15) is 19.3 Å². The van der Waals surface area contributed by atoms with Crippen molar-refractivity contribution in [1.29, 1.82) is 0 Å². The van der Waals surface area contributed by atoms with Crippen LogP contribution in [0.25, 0.3) is 0 Å². The fraction of sp³-hybridized carbons (Fsp3) is 0.231. The molecule has 0 aromatic heterocycles. The standard InChI is InChI=1S/C26H24ClN3O3/c27-19-10-12-20(13-11-19)28-25(32)29-16-14-26(15-17-29)18-24(31)30(21-6-2-1-3-7-21)22-8-4-5-9-23(22)33-26/h1-13H,14-18H2,(H,28,32). The van der Waals surface area contributed by atoms with E-state index >= 15 is 0 Å². The summed E-state index contributed by atoms with van der Waals surface area (Å²) in [6, 6.07) is 24.1. The molecule has 6 nitrogen and oxygen atoms in total. The molecule has 3 aromatic rings. The van der Waals surface area contributed by atoms with Gasteiger partial charge in [0.25, 0.3) is 0 Å². The highest BCUT2D eigenvalue weighted by atomic mass is 35.5. The molecule has 7 heteroatoms. The van der Waals surface area contributed by atoms with Gasteiger partial charge in [-0.25, -0.2) is 4.79 Å². The number of piperidine rings is 1. The lowest BCUT2D eigenvalue weighted by molar-refractivity contribution is -0.122. The number of hydrogen-bond acceptors (Lipinski definition) is 3. The molecule has 0 saturated carbocycles. The highest BCUT2D eigenvalue weighted by Gasteiger charge is 2.44. The second-order valence-corrected chi connectivity index (χ2v) is 8.85. The maximum absolute atomic E-state index is 13.5. The van der Waals surface area contributed by atoms with Crippen molar-refractivity contribution in [3.63, 3.8) is 0 Å². The number of carbonyl (C=O) groups excluding carboxylic acids is 2. The average Bonchev–Trinajstić information content (AvgIpc) is 2.94. The van der Waals surface area contributed by atoms with E-state index in [0.717, 1.165) is 11.4 Å². The van der Waals surface area contributed by atoms with Crippen molar-refractivity contribution in [2.75, 3.05) is 23.3 Å². The van der Waals surface area contributed by atoms with Crippen molar-refractivity contribution >= 4 is 40.6 Å². The molecule has 0 aliphatic carbocycles. The number of amides is 3. The summed E-state index contributed by atoms with van der Waals surface area (Å²) < 4.78 is 6.53.